The Kier molecular flexibility index (Phi) is 9.45. The standard InChI is InChI=1S/C13H17N3.2C2H6/c1-10-5-6-16(9-11(10)2)13-4-3-12(7-14)8-15-13;2*1-2/h3-4,8,10-11H,5-6,9H2,1-2H3;2*1-2H3. The van der Waals surface area contributed by atoms with Gasteiger partial charge < -0.3 is 4.90 Å². The first-order chi connectivity index (χ1) is 9.70. The van der Waals surface area contributed by atoms with E-state index in [4.69, 9.17) is 5.26 Å². The van der Waals surface area contributed by atoms with Crippen LogP contribution in [0.5, 0.6) is 0 Å². The molecule has 3 nitrogen and oxygen atoms in total. The maximum Gasteiger partial charge on any atom is 0.128 e. The van der Waals surface area contributed by atoms with Gasteiger partial charge in [-0.3, -0.25) is 0 Å². The van der Waals surface area contributed by atoms with E-state index in [0.717, 1.165) is 24.8 Å². The molecule has 2 rings (SSSR count). The van der Waals surface area contributed by atoms with Crippen molar-refractivity contribution in [2.75, 3.05) is 18.0 Å². The van der Waals surface area contributed by atoms with Crippen LogP contribution in [0.4, 0.5) is 5.82 Å². The molecule has 3 heteroatoms. The van der Waals surface area contributed by atoms with Crippen molar-refractivity contribution in [2.45, 2.75) is 48.0 Å². The van der Waals surface area contributed by atoms with Crippen LogP contribution in [-0.4, -0.2) is 18.1 Å². The third-order valence-electron chi connectivity index (χ3n) is 3.54. The molecule has 1 aromatic heterocycles. The third-order valence-corrected chi connectivity index (χ3v) is 3.54. The van der Waals surface area contributed by atoms with Crippen LogP contribution in [0.1, 0.15) is 53.5 Å². The molecular weight excluding hydrogens is 246 g/mol. The normalized spacial score (nSPS) is 20.8. The fourth-order valence-corrected chi connectivity index (χ4v) is 2.11. The van der Waals surface area contributed by atoms with E-state index in [1.165, 1.54) is 6.42 Å². The Morgan fingerprint density at radius 1 is 1.15 bits per heavy atom. The van der Waals surface area contributed by atoms with Gasteiger partial charge in [0.05, 0.1) is 5.56 Å². The highest BCUT2D eigenvalue weighted by atomic mass is 15.2. The zero-order valence-electron chi connectivity index (χ0n) is 13.8. The van der Waals surface area contributed by atoms with Crippen LogP contribution in [0.25, 0.3) is 0 Å². The Labute approximate surface area is 124 Å². The smallest absolute Gasteiger partial charge is 0.128 e. The minimum Gasteiger partial charge on any atom is -0.356 e. The summed E-state index contributed by atoms with van der Waals surface area (Å²) in [6.07, 6.45) is 2.88. The number of aromatic nitrogens is 1. The Morgan fingerprint density at radius 3 is 2.25 bits per heavy atom. The third kappa shape index (κ3) is 5.21. The SMILES string of the molecule is CC.CC.CC1CCN(c2ccc(C#N)cn2)CC1C. The van der Waals surface area contributed by atoms with E-state index in [1.807, 2.05) is 39.8 Å². The van der Waals surface area contributed by atoms with Crippen LogP contribution >= 0.6 is 0 Å². The van der Waals surface area contributed by atoms with E-state index < -0.39 is 0 Å². The van der Waals surface area contributed by atoms with Crippen molar-refractivity contribution < 1.29 is 0 Å². The van der Waals surface area contributed by atoms with Crippen molar-refractivity contribution in [3.8, 4) is 6.07 Å². The van der Waals surface area contributed by atoms with Crippen molar-refractivity contribution in [2.24, 2.45) is 11.8 Å². The highest BCUT2D eigenvalue weighted by Gasteiger charge is 2.23. The van der Waals surface area contributed by atoms with Crippen LogP contribution < -0.4 is 4.90 Å². The lowest BCUT2D eigenvalue weighted by atomic mass is 9.89. The summed E-state index contributed by atoms with van der Waals surface area (Å²) in [7, 11) is 0. The summed E-state index contributed by atoms with van der Waals surface area (Å²) >= 11 is 0. The fourth-order valence-electron chi connectivity index (χ4n) is 2.11. The van der Waals surface area contributed by atoms with Gasteiger partial charge in [0.25, 0.3) is 0 Å². The van der Waals surface area contributed by atoms with Gasteiger partial charge in [0.1, 0.15) is 11.9 Å². The van der Waals surface area contributed by atoms with Crippen molar-refractivity contribution in [3.63, 3.8) is 0 Å². The number of pyridine rings is 1. The van der Waals surface area contributed by atoms with Gasteiger partial charge >= 0.3 is 0 Å². The highest BCUT2D eigenvalue weighted by Crippen LogP contribution is 2.25. The van der Waals surface area contributed by atoms with Gasteiger partial charge in [-0.25, -0.2) is 4.98 Å². The molecule has 112 valence electrons. The second-order valence-corrected chi connectivity index (χ2v) is 4.71. The first kappa shape index (κ1) is 18.4. The summed E-state index contributed by atoms with van der Waals surface area (Å²) in [5.41, 5.74) is 0.627. The van der Waals surface area contributed by atoms with Crippen molar-refractivity contribution in [3.05, 3.63) is 23.9 Å². The van der Waals surface area contributed by atoms with Crippen molar-refractivity contribution in [1.29, 1.82) is 5.26 Å². The molecule has 1 aromatic rings. The molecule has 2 atom stereocenters. The van der Waals surface area contributed by atoms with E-state index >= 15 is 0 Å². The van der Waals surface area contributed by atoms with Crippen LogP contribution in [-0.2, 0) is 0 Å². The summed E-state index contributed by atoms with van der Waals surface area (Å²) in [6.45, 7) is 14.7. The monoisotopic (exact) mass is 275 g/mol. The molecule has 0 radical (unpaired) electrons. The van der Waals surface area contributed by atoms with Gasteiger partial charge in [-0.1, -0.05) is 41.5 Å². The van der Waals surface area contributed by atoms with E-state index in [-0.39, 0.29) is 0 Å². The first-order valence-corrected chi connectivity index (χ1v) is 7.82. The molecule has 0 N–H and O–H groups in total. The second-order valence-electron chi connectivity index (χ2n) is 4.71. The minimum atomic E-state index is 0.627. The topological polar surface area (TPSA) is 39.9 Å². The lowest BCUT2D eigenvalue weighted by Gasteiger charge is -2.36. The van der Waals surface area contributed by atoms with Gasteiger partial charge in [0, 0.05) is 19.3 Å². The quantitative estimate of drug-likeness (QED) is 0.758. The van der Waals surface area contributed by atoms with E-state index in [1.54, 1.807) is 6.20 Å². The second kappa shape index (κ2) is 10.3. The van der Waals surface area contributed by atoms with E-state index in [9.17, 15) is 0 Å². The van der Waals surface area contributed by atoms with Gasteiger partial charge in [-0.15, -0.1) is 0 Å². The molecule has 20 heavy (non-hydrogen) atoms. The van der Waals surface area contributed by atoms with Crippen molar-refractivity contribution in [1.82, 2.24) is 4.98 Å². The molecule has 0 bridgehead atoms. The zero-order valence-corrected chi connectivity index (χ0v) is 13.8. The molecule has 0 amide bonds. The lowest BCUT2D eigenvalue weighted by molar-refractivity contribution is 0.323. The Bertz CT molecular complexity index is 392. The van der Waals surface area contributed by atoms with Crippen LogP contribution in [0, 0.1) is 23.2 Å². The number of piperidine rings is 1. The minimum absolute atomic E-state index is 0.627. The molecule has 0 aromatic carbocycles. The molecule has 2 unspecified atom stereocenters. The molecule has 1 saturated heterocycles. The number of anilines is 1. The molecule has 2 heterocycles. The number of nitriles is 1. The molecule has 1 aliphatic heterocycles. The summed E-state index contributed by atoms with van der Waals surface area (Å²) in [4.78, 5) is 6.65. The average Bonchev–Trinajstić information content (AvgIpc) is 2.54. The first-order valence-electron chi connectivity index (χ1n) is 7.82. The number of rotatable bonds is 1. The van der Waals surface area contributed by atoms with E-state index in [0.29, 0.717) is 11.5 Å². The van der Waals surface area contributed by atoms with Gasteiger partial charge in [-0.2, -0.15) is 5.26 Å². The largest absolute Gasteiger partial charge is 0.356 e. The van der Waals surface area contributed by atoms with Gasteiger partial charge in [0.15, 0.2) is 0 Å². The van der Waals surface area contributed by atoms with Crippen LogP contribution in [0.15, 0.2) is 18.3 Å². The van der Waals surface area contributed by atoms with E-state index in [2.05, 4.69) is 29.8 Å². The van der Waals surface area contributed by atoms with Crippen LogP contribution in [0.2, 0.25) is 0 Å². The maximum absolute atomic E-state index is 8.71. The summed E-state index contributed by atoms with van der Waals surface area (Å²) < 4.78 is 0. The fraction of sp³-hybridized carbons (Fsp3) is 0.647. The predicted octanol–water partition coefficient (Wildman–Crippen LogP) is 4.49. The molecule has 0 spiro atoms. The molecule has 1 fully saturated rings. The van der Waals surface area contributed by atoms with Crippen molar-refractivity contribution >= 4 is 5.82 Å². The molecule has 1 aliphatic rings. The Morgan fingerprint density at radius 2 is 1.80 bits per heavy atom. The summed E-state index contributed by atoms with van der Waals surface area (Å²) in [6, 6.07) is 5.88. The number of hydrogen-bond donors (Lipinski definition) is 0. The summed E-state index contributed by atoms with van der Waals surface area (Å²) in [5.74, 6) is 2.51. The number of hydrogen-bond acceptors (Lipinski definition) is 3. The molecule has 0 aliphatic carbocycles. The van der Waals surface area contributed by atoms with Gasteiger partial charge in [0.2, 0.25) is 0 Å². The average molecular weight is 275 g/mol. The van der Waals surface area contributed by atoms with Gasteiger partial charge in [-0.05, 0) is 30.4 Å². The Balaban J connectivity index is 0.000000829. The Hall–Kier alpha value is -1.56. The van der Waals surface area contributed by atoms with Crippen LogP contribution in [0.3, 0.4) is 0 Å². The highest BCUT2D eigenvalue weighted by molar-refractivity contribution is 5.42. The summed E-state index contributed by atoms with van der Waals surface area (Å²) in [5, 5.41) is 8.71. The predicted molar refractivity (Wildman–Crippen MR) is 86.8 cm³/mol. The molecule has 0 saturated carbocycles. The zero-order chi connectivity index (χ0) is 15.5. The maximum atomic E-state index is 8.71. The number of nitrogens with zero attached hydrogens (tertiary/aromatic N) is 3. The lowest BCUT2D eigenvalue weighted by Crippen LogP contribution is -2.38. The molecular formula is C17H29N3.